The first-order valence-corrected chi connectivity index (χ1v) is 10.3. The van der Waals surface area contributed by atoms with Gasteiger partial charge >= 0.3 is 5.95 Å². The smallest absolute Gasteiger partial charge is 0.490 e. The highest BCUT2D eigenvalue weighted by Crippen LogP contribution is 2.28. The maximum Gasteiger partial charge on any atom is 0.490 e. The number of thioether (sulfide) groups is 1. The van der Waals surface area contributed by atoms with E-state index in [1.54, 1.807) is 6.92 Å². The standard InChI is InChI=1S/C16H17N7O4S2/c1-3-27-11-4-5-12-13(6-11)29-14(18-12)8-28-16(24)20-19-10(2)7-22-9-17-15(21-22)23(25)26/h4-6,9H,3,7-8H2,1-2H3,(H,20,24). The highest BCUT2D eigenvalue weighted by atomic mass is 32.2. The number of nitro groups is 1. The summed E-state index contributed by atoms with van der Waals surface area (Å²) in [5.41, 5.74) is 3.82. The summed E-state index contributed by atoms with van der Waals surface area (Å²) < 4.78 is 7.76. The Kier molecular flexibility index (Phi) is 6.72. The maximum absolute atomic E-state index is 12.0. The number of nitrogens with one attached hydrogen (secondary N) is 1. The molecule has 1 N–H and O–H groups in total. The lowest BCUT2D eigenvalue weighted by Gasteiger charge is -2.00. The molecule has 0 aliphatic carbocycles. The molecule has 3 rings (SSSR count). The van der Waals surface area contributed by atoms with Crippen molar-refractivity contribution in [3.8, 4) is 5.75 Å². The van der Waals surface area contributed by atoms with Gasteiger partial charge in [0.05, 0.1) is 34.8 Å². The van der Waals surface area contributed by atoms with E-state index in [1.165, 1.54) is 22.3 Å². The Balaban J connectivity index is 1.50. The van der Waals surface area contributed by atoms with Crippen LogP contribution in [0.2, 0.25) is 0 Å². The summed E-state index contributed by atoms with van der Waals surface area (Å²) in [6.07, 6.45) is 1.23. The van der Waals surface area contributed by atoms with E-state index in [0.29, 0.717) is 18.1 Å². The van der Waals surface area contributed by atoms with Crippen molar-refractivity contribution in [2.75, 3.05) is 6.61 Å². The van der Waals surface area contributed by atoms with E-state index in [4.69, 9.17) is 4.74 Å². The zero-order valence-corrected chi connectivity index (χ0v) is 17.2. The van der Waals surface area contributed by atoms with Gasteiger partial charge in [0.2, 0.25) is 6.33 Å². The first kappa shape index (κ1) is 20.7. The number of rotatable bonds is 8. The molecule has 0 saturated carbocycles. The predicted molar refractivity (Wildman–Crippen MR) is 110 cm³/mol. The summed E-state index contributed by atoms with van der Waals surface area (Å²) in [5, 5.41) is 18.7. The largest absolute Gasteiger partial charge is 0.494 e. The second-order valence-electron chi connectivity index (χ2n) is 5.70. The lowest BCUT2D eigenvalue weighted by Crippen LogP contribution is -2.17. The van der Waals surface area contributed by atoms with E-state index in [1.807, 2.05) is 25.1 Å². The van der Waals surface area contributed by atoms with E-state index in [2.05, 4.69) is 25.6 Å². The van der Waals surface area contributed by atoms with Crippen LogP contribution in [0, 0.1) is 10.1 Å². The normalized spacial score (nSPS) is 11.6. The molecule has 0 aliphatic rings. The summed E-state index contributed by atoms with van der Waals surface area (Å²) in [7, 11) is 0. The minimum atomic E-state index is -0.679. The number of benzene rings is 1. The molecular formula is C16H17N7O4S2. The maximum atomic E-state index is 12.0. The van der Waals surface area contributed by atoms with Crippen LogP contribution < -0.4 is 10.2 Å². The van der Waals surface area contributed by atoms with Gasteiger partial charge in [-0.15, -0.1) is 11.3 Å². The van der Waals surface area contributed by atoms with Crippen LogP contribution in [-0.4, -0.2) is 42.2 Å². The number of ether oxygens (including phenoxy) is 1. The quantitative estimate of drug-likeness (QED) is 0.323. The van der Waals surface area contributed by atoms with E-state index in [9.17, 15) is 14.9 Å². The molecule has 1 amide bonds. The molecule has 0 spiro atoms. The SMILES string of the molecule is CCOc1ccc2nc(CSC(=O)NN=C(C)Cn3cnc([N+](=O)[O-])n3)sc2c1. The summed E-state index contributed by atoms with van der Waals surface area (Å²) in [6.45, 7) is 4.37. The van der Waals surface area contributed by atoms with Crippen molar-refractivity contribution >= 4 is 50.2 Å². The fraction of sp³-hybridized carbons (Fsp3) is 0.312. The molecule has 0 aliphatic heterocycles. The van der Waals surface area contributed by atoms with Crippen LogP contribution in [0.4, 0.5) is 10.7 Å². The zero-order valence-electron chi connectivity index (χ0n) is 15.6. The van der Waals surface area contributed by atoms with Gasteiger partial charge < -0.3 is 14.9 Å². The van der Waals surface area contributed by atoms with Crippen molar-refractivity contribution in [3.05, 3.63) is 39.6 Å². The highest BCUT2D eigenvalue weighted by molar-refractivity contribution is 8.12. The Bertz CT molecular complexity index is 1060. The Morgan fingerprint density at radius 3 is 3.03 bits per heavy atom. The van der Waals surface area contributed by atoms with Crippen LogP contribution >= 0.6 is 23.1 Å². The molecular weight excluding hydrogens is 418 g/mol. The zero-order chi connectivity index (χ0) is 20.8. The van der Waals surface area contributed by atoms with Crippen molar-refractivity contribution in [2.24, 2.45) is 5.10 Å². The molecule has 2 heterocycles. The van der Waals surface area contributed by atoms with Crippen LogP contribution in [0.1, 0.15) is 18.9 Å². The fourth-order valence-electron chi connectivity index (χ4n) is 2.29. The first-order valence-electron chi connectivity index (χ1n) is 8.46. The number of hydrazone groups is 1. The number of carbonyl (C=O) groups excluding carboxylic acids is 1. The number of carbonyl (C=O) groups is 1. The van der Waals surface area contributed by atoms with E-state index < -0.39 is 10.9 Å². The molecule has 0 atom stereocenters. The fourth-order valence-corrected chi connectivity index (χ4v) is 3.92. The van der Waals surface area contributed by atoms with Crippen molar-refractivity contribution in [2.45, 2.75) is 26.1 Å². The van der Waals surface area contributed by atoms with Gasteiger partial charge in [0.25, 0.3) is 5.24 Å². The average molecular weight is 435 g/mol. The van der Waals surface area contributed by atoms with Crippen LogP contribution in [0.3, 0.4) is 0 Å². The molecule has 2 aromatic heterocycles. The first-order chi connectivity index (χ1) is 13.9. The van der Waals surface area contributed by atoms with Gasteiger partial charge in [-0.05, 0) is 37.0 Å². The Hall–Kier alpha value is -3.06. The molecule has 152 valence electrons. The summed E-state index contributed by atoms with van der Waals surface area (Å²) >= 11 is 2.56. The topological polar surface area (TPSA) is 137 Å². The van der Waals surface area contributed by atoms with E-state index in [-0.39, 0.29) is 11.8 Å². The molecule has 0 radical (unpaired) electrons. The predicted octanol–water partition coefficient (Wildman–Crippen LogP) is 3.21. The van der Waals surface area contributed by atoms with Gasteiger partial charge in [-0.3, -0.25) is 4.79 Å². The summed E-state index contributed by atoms with van der Waals surface area (Å²) in [4.78, 5) is 30.0. The van der Waals surface area contributed by atoms with Gasteiger partial charge in [0.15, 0.2) is 0 Å². The van der Waals surface area contributed by atoms with Crippen molar-refractivity contribution in [1.29, 1.82) is 0 Å². The summed E-state index contributed by atoms with van der Waals surface area (Å²) in [5.74, 6) is 0.726. The third-order valence-electron chi connectivity index (χ3n) is 3.46. The van der Waals surface area contributed by atoms with Crippen LogP contribution in [0.15, 0.2) is 29.6 Å². The van der Waals surface area contributed by atoms with E-state index in [0.717, 1.165) is 32.7 Å². The third-order valence-corrected chi connectivity index (χ3v) is 5.43. The number of thiazole rings is 1. The molecule has 0 unspecified atom stereocenters. The van der Waals surface area contributed by atoms with Crippen molar-refractivity contribution in [3.63, 3.8) is 0 Å². The lowest BCUT2D eigenvalue weighted by atomic mass is 10.3. The molecule has 0 saturated heterocycles. The second kappa shape index (κ2) is 9.43. The minimum absolute atomic E-state index is 0.172. The van der Waals surface area contributed by atoms with Crippen LogP contribution in [-0.2, 0) is 12.3 Å². The Labute approximate surface area is 173 Å². The number of hydrogen-bond donors (Lipinski definition) is 1. The molecule has 13 heteroatoms. The molecule has 11 nitrogen and oxygen atoms in total. The van der Waals surface area contributed by atoms with Crippen molar-refractivity contribution < 1.29 is 14.5 Å². The second-order valence-corrected chi connectivity index (χ2v) is 7.77. The molecule has 29 heavy (non-hydrogen) atoms. The van der Waals surface area contributed by atoms with Gasteiger partial charge in [0, 0.05) is 5.10 Å². The monoisotopic (exact) mass is 435 g/mol. The number of hydrogen-bond acceptors (Lipinski definition) is 10. The number of nitrogens with zero attached hydrogens (tertiary/aromatic N) is 6. The Morgan fingerprint density at radius 2 is 2.31 bits per heavy atom. The van der Waals surface area contributed by atoms with Crippen molar-refractivity contribution in [1.82, 2.24) is 25.2 Å². The number of aromatic nitrogens is 4. The van der Waals surface area contributed by atoms with Gasteiger partial charge in [-0.2, -0.15) is 9.78 Å². The summed E-state index contributed by atoms with van der Waals surface area (Å²) in [6, 6.07) is 5.70. The number of fused-ring (bicyclic) bond motifs is 1. The van der Waals surface area contributed by atoms with Gasteiger partial charge in [0.1, 0.15) is 10.8 Å². The van der Waals surface area contributed by atoms with E-state index >= 15 is 0 Å². The molecule has 0 bridgehead atoms. The number of amides is 1. The Morgan fingerprint density at radius 1 is 1.48 bits per heavy atom. The molecule has 3 aromatic rings. The molecule has 0 fully saturated rings. The third kappa shape index (κ3) is 5.71. The molecule has 1 aromatic carbocycles. The van der Waals surface area contributed by atoms with Crippen LogP contribution in [0.5, 0.6) is 5.75 Å². The minimum Gasteiger partial charge on any atom is -0.494 e. The van der Waals surface area contributed by atoms with Crippen LogP contribution in [0.25, 0.3) is 10.2 Å². The average Bonchev–Trinajstić information content (AvgIpc) is 3.31. The lowest BCUT2D eigenvalue weighted by molar-refractivity contribution is -0.394. The van der Waals surface area contributed by atoms with Gasteiger partial charge in [-0.25, -0.2) is 10.4 Å². The van der Waals surface area contributed by atoms with Gasteiger partial charge in [-0.1, -0.05) is 16.7 Å². The highest BCUT2D eigenvalue weighted by Gasteiger charge is 2.13.